The summed E-state index contributed by atoms with van der Waals surface area (Å²) in [5, 5.41) is 3.76. The lowest BCUT2D eigenvalue weighted by Gasteiger charge is -2.18. The second-order valence-electron chi connectivity index (χ2n) is 6.85. The van der Waals surface area contributed by atoms with E-state index in [1.165, 1.54) is 0 Å². The van der Waals surface area contributed by atoms with Crippen LogP contribution in [0.15, 0.2) is 72.9 Å². The molecule has 4 nitrogen and oxygen atoms in total. The van der Waals surface area contributed by atoms with Crippen LogP contribution in [0, 0.1) is 0 Å². The summed E-state index contributed by atoms with van der Waals surface area (Å²) in [4.78, 5) is 18.8. The molecule has 0 fully saturated rings. The third-order valence-corrected chi connectivity index (χ3v) is 5.97. The summed E-state index contributed by atoms with van der Waals surface area (Å²) < 4.78 is 0. The third kappa shape index (κ3) is 6.24. The van der Waals surface area contributed by atoms with Crippen LogP contribution in [0.4, 0.5) is 5.82 Å². The zero-order valence-corrected chi connectivity index (χ0v) is 18.1. The fourth-order valence-corrected chi connectivity index (χ4v) is 4.09. The number of benzene rings is 2. The van der Waals surface area contributed by atoms with Crippen molar-refractivity contribution in [2.45, 2.75) is 11.8 Å². The van der Waals surface area contributed by atoms with Crippen molar-refractivity contribution in [3.05, 3.63) is 94.6 Å². The molecule has 0 saturated carbocycles. The van der Waals surface area contributed by atoms with E-state index < -0.39 is 0 Å². The van der Waals surface area contributed by atoms with Gasteiger partial charge in [0.15, 0.2) is 0 Å². The van der Waals surface area contributed by atoms with Crippen LogP contribution in [0.1, 0.15) is 21.9 Å². The van der Waals surface area contributed by atoms with Crippen LogP contribution in [0.5, 0.6) is 0 Å². The molecule has 1 amide bonds. The third-order valence-electron chi connectivity index (χ3n) is 4.41. The van der Waals surface area contributed by atoms with E-state index in [9.17, 15) is 4.79 Å². The Bertz CT molecular complexity index is 915. The first-order valence-electron chi connectivity index (χ1n) is 9.34. The monoisotopic (exact) mass is 425 g/mol. The Morgan fingerprint density at radius 1 is 1.03 bits per heavy atom. The Kier molecular flexibility index (Phi) is 7.55. The summed E-state index contributed by atoms with van der Waals surface area (Å²) in [5.41, 5.74) is 3.27. The second kappa shape index (κ2) is 10.3. The molecule has 0 aliphatic rings. The van der Waals surface area contributed by atoms with Crippen molar-refractivity contribution >= 4 is 35.1 Å². The quantitative estimate of drug-likeness (QED) is 0.555. The molecule has 6 heteroatoms. The molecule has 0 saturated heterocycles. The van der Waals surface area contributed by atoms with E-state index in [0.29, 0.717) is 17.3 Å². The van der Waals surface area contributed by atoms with Crippen LogP contribution in [0.3, 0.4) is 0 Å². The standard InChI is InChI=1S/C23H24ClN3OS/c1-27(2)21-13-8-17(14-25-21)15-26-22(28)16-29-23(18-6-4-3-5-7-18)19-9-11-20(24)12-10-19/h3-14,23H,15-16H2,1-2H3,(H,26,28). The minimum absolute atomic E-state index is 0.00146. The van der Waals surface area contributed by atoms with Crippen molar-refractivity contribution in [2.24, 2.45) is 0 Å². The highest BCUT2D eigenvalue weighted by molar-refractivity contribution is 8.00. The highest BCUT2D eigenvalue weighted by atomic mass is 35.5. The summed E-state index contributed by atoms with van der Waals surface area (Å²) in [6.45, 7) is 0.469. The molecule has 0 aliphatic carbocycles. The van der Waals surface area contributed by atoms with Crippen LogP contribution in [-0.4, -0.2) is 30.7 Å². The van der Waals surface area contributed by atoms with Gasteiger partial charge in [0.05, 0.1) is 11.0 Å². The molecule has 0 aliphatic heterocycles. The van der Waals surface area contributed by atoms with Gasteiger partial charge in [-0.1, -0.05) is 60.1 Å². The van der Waals surface area contributed by atoms with Crippen molar-refractivity contribution in [1.29, 1.82) is 0 Å². The predicted octanol–water partition coefficient (Wildman–Crippen LogP) is 4.94. The maximum absolute atomic E-state index is 12.4. The summed E-state index contributed by atoms with van der Waals surface area (Å²) >= 11 is 7.64. The van der Waals surface area contributed by atoms with Crippen LogP contribution in [0.2, 0.25) is 5.02 Å². The first-order chi connectivity index (χ1) is 14.0. The molecular weight excluding hydrogens is 402 g/mol. The summed E-state index contributed by atoms with van der Waals surface area (Å²) in [7, 11) is 3.90. The molecule has 29 heavy (non-hydrogen) atoms. The van der Waals surface area contributed by atoms with Gasteiger partial charge in [0.1, 0.15) is 5.82 Å². The number of aromatic nitrogens is 1. The Morgan fingerprint density at radius 2 is 1.72 bits per heavy atom. The Hall–Kier alpha value is -2.50. The minimum Gasteiger partial charge on any atom is -0.363 e. The maximum Gasteiger partial charge on any atom is 0.230 e. The molecule has 1 aromatic heterocycles. The fourth-order valence-electron chi connectivity index (χ4n) is 2.85. The largest absolute Gasteiger partial charge is 0.363 e. The second-order valence-corrected chi connectivity index (χ2v) is 8.38. The molecule has 3 aromatic rings. The van der Waals surface area contributed by atoms with E-state index >= 15 is 0 Å². The van der Waals surface area contributed by atoms with Crippen LogP contribution in [0.25, 0.3) is 0 Å². The van der Waals surface area contributed by atoms with Gasteiger partial charge >= 0.3 is 0 Å². The molecule has 3 rings (SSSR count). The number of anilines is 1. The van der Waals surface area contributed by atoms with Crippen molar-refractivity contribution in [3.8, 4) is 0 Å². The van der Waals surface area contributed by atoms with Gasteiger partial charge in [-0.2, -0.15) is 0 Å². The van der Waals surface area contributed by atoms with Gasteiger partial charge in [0.25, 0.3) is 0 Å². The molecule has 0 bridgehead atoms. The number of nitrogens with one attached hydrogen (secondary N) is 1. The molecular formula is C23H24ClN3OS. The number of hydrogen-bond acceptors (Lipinski definition) is 4. The van der Waals surface area contributed by atoms with Gasteiger partial charge in [-0.05, 0) is 34.9 Å². The van der Waals surface area contributed by atoms with E-state index in [0.717, 1.165) is 22.5 Å². The number of thioether (sulfide) groups is 1. The first-order valence-corrected chi connectivity index (χ1v) is 10.8. The first kappa shape index (κ1) is 21.2. The fraction of sp³-hybridized carbons (Fsp3) is 0.217. The average Bonchev–Trinajstić information content (AvgIpc) is 2.74. The number of pyridine rings is 1. The zero-order valence-electron chi connectivity index (χ0n) is 16.5. The number of carbonyl (C=O) groups excluding carboxylic acids is 1. The lowest BCUT2D eigenvalue weighted by Crippen LogP contribution is -2.25. The zero-order chi connectivity index (χ0) is 20.6. The van der Waals surface area contributed by atoms with Crippen molar-refractivity contribution in [1.82, 2.24) is 10.3 Å². The molecule has 1 unspecified atom stereocenters. The minimum atomic E-state index is 0.00146. The predicted molar refractivity (Wildman–Crippen MR) is 123 cm³/mol. The van der Waals surface area contributed by atoms with Gasteiger partial charge in [0.2, 0.25) is 5.91 Å². The number of amides is 1. The Balaban J connectivity index is 1.60. The van der Waals surface area contributed by atoms with E-state index in [2.05, 4.69) is 22.4 Å². The molecule has 150 valence electrons. The molecule has 1 atom stereocenters. The summed E-state index contributed by atoms with van der Waals surface area (Å²) in [6.07, 6.45) is 1.79. The Morgan fingerprint density at radius 3 is 2.34 bits per heavy atom. The van der Waals surface area contributed by atoms with Gasteiger partial charge in [-0.25, -0.2) is 4.98 Å². The SMILES string of the molecule is CN(C)c1ccc(CNC(=O)CSC(c2ccccc2)c2ccc(Cl)cc2)cn1. The van der Waals surface area contributed by atoms with Crippen molar-refractivity contribution < 1.29 is 4.79 Å². The van der Waals surface area contributed by atoms with E-state index in [-0.39, 0.29) is 11.2 Å². The summed E-state index contributed by atoms with van der Waals surface area (Å²) in [6, 6.07) is 21.9. The van der Waals surface area contributed by atoms with Crippen LogP contribution < -0.4 is 10.2 Å². The lowest BCUT2D eigenvalue weighted by molar-refractivity contribution is -0.118. The highest BCUT2D eigenvalue weighted by Crippen LogP contribution is 2.35. The van der Waals surface area contributed by atoms with Crippen molar-refractivity contribution in [3.63, 3.8) is 0 Å². The van der Waals surface area contributed by atoms with E-state index in [1.54, 1.807) is 18.0 Å². The number of carbonyl (C=O) groups is 1. The summed E-state index contributed by atoms with van der Waals surface area (Å²) in [5.74, 6) is 1.26. The van der Waals surface area contributed by atoms with Crippen molar-refractivity contribution in [2.75, 3.05) is 24.7 Å². The highest BCUT2D eigenvalue weighted by Gasteiger charge is 2.16. The lowest BCUT2D eigenvalue weighted by atomic mass is 10.0. The number of halogens is 1. The molecule has 1 N–H and O–H groups in total. The molecule has 1 heterocycles. The average molecular weight is 426 g/mol. The number of nitrogens with zero attached hydrogens (tertiary/aromatic N) is 2. The van der Waals surface area contributed by atoms with E-state index in [1.807, 2.05) is 73.6 Å². The topological polar surface area (TPSA) is 45.2 Å². The van der Waals surface area contributed by atoms with E-state index in [4.69, 9.17) is 11.6 Å². The molecule has 0 radical (unpaired) electrons. The normalized spacial score (nSPS) is 11.7. The van der Waals surface area contributed by atoms with Gasteiger partial charge < -0.3 is 10.2 Å². The smallest absolute Gasteiger partial charge is 0.230 e. The maximum atomic E-state index is 12.4. The van der Waals surface area contributed by atoms with Crippen LogP contribution in [-0.2, 0) is 11.3 Å². The van der Waals surface area contributed by atoms with Gasteiger partial charge in [-0.3, -0.25) is 4.79 Å². The van der Waals surface area contributed by atoms with Gasteiger partial charge in [0, 0.05) is 31.9 Å². The number of hydrogen-bond donors (Lipinski definition) is 1. The number of rotatable bonds is 8. The van der Waals surface area contributed by atoms with Gasteiger partial charge in [-0.15, -0.1) is 11.8 Å². The van der Waals surface area contributed by atoms with Crippen LogP contribution >= 0.6 is 23.4 Å². The molecule has 2 aromatic carbocycles. The molecule has 0 spiro atoms. The Labute approximate surface area is 181 Å².